The summed E-state index contributed by atoms with van der Waals surface area (Å²) < 4.78 is 10.4. The fourth-order valence-electron chi connectivity index (χ4n) is 1.36. The number of methoxy groups -OCH3 is 1. The van der Waals surface area contributed by atoms with Gasteiger partial charge < -0.3 is 14.8 Å². The van der Waals surface area contributed by atoms with E-state index in [2.05, 4.69) is 5.32 Å². The van der Waals surface area contributed by atoms with E-state index in [1.54, 1.807) is 26.2 Å². The lowest BCUT2D eigenvalue weighted by Crippen LogP contribution is -2.38. The molecular formula is C13H18ClNO3. The number of halogens is 1. The molecule has 0 radical (unpaired) electrons. The Morgan fingerprint density at radius 1 is 1.50 bits per heavy atom. The Morgan fingerprint density at radius 2 is 2.22 bits per heavy atom. The van der Waals surface area contributed by atoms with Gasteiger partial charge in [-0.25, -0.2) is 0 Å². The molecule has 0 spiro atoms. The fourth-order valence-corrected chi connectivity index (χ4v) is 1.53. The van der Waals surface area contributed by atoms with Crippen molar-refractivity contribution in [2.24, 2.45) is 0 Å². The molecule has 1 amide bonds. The summed E-state index contributed by atoms with van der Waals surface area (Å²) in [6, 6.07) is 5.34. The standard InChI is InChI=1S/C13H18ClNO3/c1-9-4-5-11(14)8-12(9)18-10(2)13(16)15-6-7-17-3/h4-5,8,10H,6-7H2,1-3H3,(H,15,16). The number of nitrogens with one attached hydrogen (secondary N) is 1. The first-order valence-corrected chi connectivity index (χ1v) is 6.12. The van der Waals surface area contributed by atoms with Gasteiger partial charge in [0.25, 0.3) is 5.91 Å². The third-order valence-electron chi connectivity index (χ3n) is 2.43. The summed E-state index contributed by atoms with van der Waals surface area (Å²) in [4.78, 5) is 11.7. The molecule has 0 saturated carbocycles. The second-order valence-electron chi connectivity index (χ2n) is 3.95. The van der Waals surface area contributed by atoms with Crippen LogP contribution in [0.3, 0.4) is 0 Å². The van der Waals surface area contributed by atoms with Gasteiger partial charge in [0.2, 0.25) is 0 Å². The summed E-state index contributed by atoms with van der Waals surface area (Å²) in [5, 5.41) is 3.30. The summed E-state index contributed by atoms with van der Waals surface area (Å²) in [6.45, 7) is 4.55. The van der Waals surface area contributed by atoms with Crippen LogP contribution in [0.5, 0.6) is 5.75 Å². The Bertz CT molecular complexity index is 409. The van der Waals surface area contributed by atoms with Crippen LogP contribution in [0.1, 0.15) is 12.5 Å². The van der Waals surface area contributed by atoms with Crippen LogP contribution in [0.4, 0.5) is 0 Å². The van der Waals surface area contributed by atoms with Crippen molar-refractivity contribution < 1.29 is 14.3 Å². The van der Waals surface area contributed by atoms with Gasteiger partial charge in [-0.15, -0.1) is 0 Å². The number of aryl methyl sites for hydroxylation is 1. The highest BCUT2D eigenvalue weighted by Gasteiger charge is 2.15. The van der Waals surface area contributed by atoms with E-state index in [0.29, 0.717) is 23.9 Å². The molecule has 18 heavy (non-hydrogen) atoms. The highest BCUT2D eigenvalue weighted by molar-refractivity contribution is 6.30. The largest absolute Gasteiger partial charge is 0.481 e. The number of ether oxygens (including phenoxy) is 2. The summed E-state index contributed by atoms with van der Waals surface area (Å²) in [7, 11) is 1.58. The summed E-state index contributed by atoms with van der Waals surface area (Å²) in [5.74, 6) is 0.448. The molecule has 0 saturated heterocycles. The van der Waals surface area contributed by atoms with Gasteiger partial charge in [0.15, 0.2) is 6.10 Å². The third-order valence-corrected chi connectivity index (χ3v) is 2.66. The van der Waals surface area contributed by atoms with Crippen LogP contribution >= 0.6 is 11.6 Å². The number of hydrogen-bond donors (Lipinski definition) is 1. The molecule has 0 aromatic heterocycles. The molecule has 0 fully saturated rings. The second-order valence-corrected chi connectivity index (χ2v) is 4.39. The quantitative estimate of drug-likeness (QED) is 0.807. The van der Waals surface area contributed by atoms with Crippen LogP contribution in [0.25, 0.3) is 0 Å². The molecule has 1 rings (SSSR count). The maximum absolute atomic E-state index is 11.7. The summed E-state index contributed by atoms with van der Waals surface area (Å²) in [5.41, 5.74) is 0.941. The van der Waals surface area contributed by atoms with Gasteiger partial charge in [-0.2, -0.15) is 0 Å². The zero-order valence-electron chi connectivity index (χ0n) is 10.8. The van der Waals surface area contributed by atoms with Gasteiger partial charge in [0.05, 0.1) is 6.61 Å². The molecule has 0 bridgehead atoms. The number of rotatable bonds is 6. The van der Waals surface area contributed by atoms with Crippen LogP contribution in [-0.4, -0.2) is 32.3 Å². The highest BCUT2D eigenvalue weighted by atomic mass is 35.5. The number of amides is 1. The van der Waals surface area contributed by atoms with Crippen LogP contribution < -0.4 is 10.1 Å². The Balaban J connectivity index is 2.55. The molecule has 4 nitrogen and oxygen atoms in total. The van der Waals surface area contributed by atoms with Gasteiger partial charge >= 0.3 is 0 Å². The molecule has 100 valence electrons. The van der Waals surface area contributed by atoms with E-state index in [4.69, 9.17) is 21.1 Å². The van der Waals surface area contributed by atoms with E-state index in [1.807, 2.05) is 13.0 Å². The predicted octanol–water partition coefficient (Wildman–Crippen LogP) is 2.18. The van der Waals surface area contributed by atoms with E-state index in [9.17, 15) is 4.79 Å². The molecular weight excluding hydrogens is 254 g/mol. The first kappa shape index (κ1) is 14.8. The second kappa shape index (κ2) is 7.24. The zero-order chi connectivity index (χ0) is 13.5. The van der Waals surface area contributed by atoms with Crippen molar-refractivity contribution in [3.63, 3.8) is 0 Å². The molecule has 0 heterocycles. The van der Waals surface area contributed by atoms with Crippen LogP contribution in [0.15, 0.2) is 18.2 Å². The molecule has 5 heteroatoms. The maximum Gasteiger partial charge on any atom is 0.260 e. The maximum atomic E-state index is 11.7. The Morgan fingerprint density at radius 3 is 2.89 bits per heavy atom. The first-order valence-electron chi connectivity index (χ1n) is 5.74. The smallest absolute Gasteiger partial charge is 0.260 e. The van der Waals surface area contributed by atoms with Crippen molar-refractivity contribution in [2.45, 2.75) is 20.0 Å². The van der Waals surface area contributed by atoms with E-state index in [1.165, 1.54) is 0 Å². The van der Waals surface area contributed by atoms with Crippen molar-refractivity contribution >= 4 is 17.5 Å². The van der Waals surface area contributed by atoms with Crippen molar-refractivity contribution in [3.8, 4) is 5.75 Å². The van der Waals surface area contributed by atoms with Crippen molar-refractivity contribution in [3.05, 3.63) is 28.8 Å². The fraction of sp³-hybridized carbons (Fsp3) is 0.462. The predicted molar refractivity (Wildman–Crippen MR) is 71.2 cm³/mol. The van der Waals surface area contributed by atoms with E-state index < -0.39 is 6.10 Å². The van der Waals surface area contributed by atoms with Crippen molar-refractivity contribution in [1.82, 2.24) is 5.32 Å². The molecule has 1 unspecified atom stereocenters. The summed E-state index contributed by atoms with van der Waals surface area (Å²) >= 11 is 5.89. The van der Waals surface area contributed by atoms with Crippen molar-refractivity contribution in [1.29, 1.82) is 0 Å². The van der Waals surface area contributed by atoms with Gasteiger partial charge in [0, 0.05) is 18.7 Å². The lowest BCUT2D eigenvalue weighted by molar-refractivity contribution is -0.127. The molecule has 1 aromatic carbocycles. The highest BCUT2D eigenvalue weighted by Crippen LogP contribution is 2.23. The number of carbonyl (C=O) groups is 1. The van der Waals surface area contributed by atoms with E-state index in [-0.39, 0.29) is 5.91 Å². The van der Waals surface area contributed by atoms with Crippen LogP contribution in [0.2, 0.25) is 5.02 Å². The van der Waals surface area contributed by atoms with E-state index in [0.717, 1.165) is 5.56 Å². The third kappa shape index (κ3) is 4.55. The lowest BCUT2D eigenvalue weighted by Gasteiger charge is -2.16. The van der Waals surface area contributed by atoms with Gasteiger partial charge in [-0.1, -0.05) is 17.7 Å². The molecule has 0 aliphatic rings. The molecule has 1 atom stereocenters. The monoisotopic (exact) mass is 271 g/mol. The number of hydrogen-bond acceptors (Lipinski definition) is 3. The minimum atomic E-state index is -0.570. The zero-order valence-corrected chi connectivity index (χ0v) is 11.6. The van der Waals surface area contributed by atoms with Gasteiger partial charge in [0.1, 0.15) is 5.75 Å². The molecule has 1 aromatic rings. The number of carbonyl (C=O) groups excluding carboxylic acids is 1. The lowest BCUT2D eigenvalue weighted by atomic mass is 10.2. The summed E-state index contributed by atoms with van der Waals surface area (Å²) in [6.07, 6.45) is -0.570. The Hall–Kier alpha value is -1.26. The average molecular weight is 272 g/mol. The van der Waals surface area contributed by atoms with Crippen molar-refractivity contribution in [2.75, 3.05) is 20.3 Å². The molecule has 1 N–H and O–H groups in total. The SMILES string of the molecule is COCCNC(=O)C(C)Oc1cc(Cl)ccc1C. The number of benzene rings is 1. The van der Waals surface area contributed by atoms with Crippen LogP contribution in [-0.2, 0) is 9.53 Å². The molecule has 0 aliphatic heterocycles. The van der Waals surface area contributed by atoms with Crippen LogP contribution in [0, 0.1) is 6.92 Å². The minimum Gasteiger partial charge on any atom is -0.481 e. The minimum absolute atomic E-state index is 0.175. The Kier molecular flexibility index (Phi) is 5.95. The Labute approximate surface area is 112 Å². The average Bonchev–Trinajstić information content (AvgIpc) is 2.34. The topological polar surface area (TPSA) is 47.6 Å². The molecule has 0 aliphatic carbocycles. The van der Waals surface area contributed by atoms with Gasteiger partial charge in [-0.3, -0.25) is 4.79 Å². The van der Waals surface area contributed by atoms with Gasteiger partial charge in [-0.05, 0) is 31.5 Å². The van der Waals surface area contributed by atoms with E-state index >= 15 is 0 Å². The first-order chi connectivity index (χ1) is 8.54. The normalized spacial score (nSPS) is 12.0.